The molecular formula is C25H26Cl2N2O4S2. The number of carbonyl (C=O) groups excluding carboxylic acids is 1. The summed E-state index contributed by atoms with van der Waals surface area (Å²) in [6, 6.07) is 18.7. The molecule has 0 unspecified atom stereocenters. The average Bonchev–Trinajstić information content (AvgIpc) is 2.83. The van der Waals surface area contributed by atoms with Gasteiger partial charge in [-0.1, -0.05) is 53.0 Å². The zero-order valence-electron chi connectivity index (χ0n) is 19.3. The Bertz CT molecular complexity index is 1250. The van der Waals surface area contributed by atoms with Gasteiger partial charge in [0.1, 0.15) is 12.3 Å². The molecule has 35 heavy (non-hydrogen) atoms. The molecule has 3 aromatic rings. The van der Waals surface area contributed by atoms with E-state index in [4.69, 9.17) is 27.9 Å². The van der Waals surface area contributed by atoms with Crippen LogP contribution in [0.2, 0.25) is 10.0 Å². The minimum Gasteiger partial charge on any atom is -0.495 e. The molecule has 1 amide bonds. The van der Waals surface area contributed by atoms with Gasteiger partial charge in [0.2, 0.25) is 5.91 Å². The predicted octanol–water partition coefficient (Wildman–Crippen LogP) is 5.56. The summed E-state index contributed by atoms with van der Waals surface area (Å²) in [6.45, 7) is 1.88. The Labute approximate surface area is 220 Å². The molecule has 0 saturated carbocycles. The number of rotatable bonds is 11. The number of ether oxygens (including phenoxy) is 1. The largest absolute Gasteiger partial charge is 0.495 e. The average molecular weight is 554 g/mol. The molecule has 0 atom stereocenters. The maximum Gasteiger partial charge on any atom is 0.264 e. The number of hydrogen-bond acceptors (Lipinski definition) is 5. The molecule has 3 rings (SSSR count). The quantitative estimate of drug-likeness (QED) is 0.315. The van der Waals surface area contributed by atoms with E-state index >= 15 is 0 Å². The first-order valence-corrected chi connectivity index (χ1v) is 14.1. The molecule has 186 valence electrons. The zero-order chi connectivity index (χ0) is 25.4. The molecule has 10 heteroatoms. The van der Waals surface area contributed by atoms with Gasteiger partial charge in [0.25, 0.3) is 10.0 Å². The van der Waals surface area contributed by atoms with Crippen molar-refractivity contribution in [3.05, 3.63) is 87.9 Å². The summed E-state index contributed by atoms with van der Waals surface area (Å²) < 4.78 is 33.1. The molecule has 0 fully saturated rings. The number of nitrogens with one attached hydrogen (secondary N) is 1. The van der Waals surface area contributed by atoms with Crippen LogP contribution < -0.4 is 14.4 Å². The van der Waals surface area contributed by atoms with Crippen molar-refractivity contribution in [3.63, 3.8) is 0 Å². The Morgan fingerprint density at radius 1 is 1.03 bits per heavy atom. The molecule has 0 spiro atoms. The van der Waals surface area contributed by atoms with Crippen molar-refractivity contribution in [1.29, 1.82) is 0 Å². The number of thioether (sulfide) groups is 1. The Morgan fingerprint density at radius 3 is 2.34 bits per heavy atom. The molecule has 6 nitrogen and oxygen atoms in total. The lowest BCUT2D eigenvalue weighted by molar-refractivity contribution is -0.119. The Kier molecular flexibility index (Phi) is 9.74. The lowest BCUT2D eigenvalue weighted by Crippen LogP contribution is -2.41. The van der Waals surface area contributed by atoms with E-state index in [2.05, 4.69) is 5.32 Å². The van der Waals surface area contributed by atoms with Crippen molar-refractivity contribution in [2.45, 2.75) is 17.6 Å². The second-order valence-corrected chi connectivity index (χ2v) is 11.5. The monoisotopic (exact) mass is 552 g/mol. The fourth-order valence-corrected chi connectivity index (χ4v) is 5.79. The van der Waals surface area contributed by atoms with Crippen LogP contribution >= 0.6 is 35.0 Å². The standard InChI is InChI=1S/C25H26Cl2N2O4S2/c1-18-3-10-22(11-4-18)35(31,32)29(21-9-12-24(33-2)23(27)15-21)16-25(30)28-13-14-34-17-19-5-7-20(26)8-6-19/h3-12,15H,13-14,16-17H2,1-2H3,(H,28,30). The fourth-order valence-electron chi connectivity index (χ4n) is 3.18. The second kappa shape index (κ2) is 12.5. The van der Waals surface area contributed by atoms with Gasteiger partial charge < -0.3 is 10.1 Å². The molecule has 3 aromatic carbocycles. The number of sulfonamides is 1. The third-order valence-electron chi connectivity index (χ3n) is 5.07. The lowest BCUT2D eigenvalue weighted by Gasteiger charge is -2.24. The fraction of sp³-hybridized carbons (Fsp3) is 0.240. The number of anilines is 1. The highest BCUT2D eigenvalue weighted by Gasteiger charge is 2.27. The van der Waals surface area contributed by atoms with Gasteiger partial charge in [-0.2, -0.15) is 11.8 Å². The van der Waals surface area contributed by atoms with Gasteiger partial charge in [0.05, 0.1) is 22.7 Å². The molecule has 0 heterocycles. The summed E-state index contributed by atoms with van der Waals surface area (Å²) in [5.74, 6) is 1.45. The first-order chi connectivity index (χ1) is 16.7. The highest BCUT2D eigenvalue weighted by atomic mass is 35.5. The van der Waals surface area contributed by atoms with Crippen molar-refractivity contribution in [3.8, 4) is 5.75 Å². The molecule has 1 N–H and O–H groups in total. The maximum absolute atomic E-state index is 13.5. The summed E-state index contributed by atoms with van der Waals surface area (Å²) in [6.07, 6.45) is 0. The van der Waals surface area contributed by atoms with Crippen molar-refractivity contribution in [2.24, 2.45) is 0 Å². The summed E-state index contributed by atoms with van der Waals surface area (Å²) in [4.78, 5) is 12.8. The van der Waals surface area contributed by atoms with Crippen LogP contribution in [0.4, 0.5) is 5.69 Å². The third-order valence-corrected chi connectivity index (χ3v) is 8.44. The minimum absolute atomic E-state index is 0.0846. The second-order valence-electron chi connectivity index (χ2n) is 7.67. The van der Waals surface area contributed by atoms with Gasteiger partial charge in [0, 0.05) is 23.1 Å². The number of amides is 1. The van der Waals surface area contributed by atoms with Gasteiger partial charge in [-0.25, -0.2) is 8.42 Å². The summed E-state index contributed by atoms with van der Waals surface area (Å²) in [7, 11) is -2.55. The van der Waals surface area contributed by atoms with E-state index in [0.717, 1.165) is 21.2 Å². The first kappa shape index (κ1) is 27.2. The van der Waals surface area contributed by atoms with Crippen molar-refractivity contribution in [1.82, 2.24) is 5.32 Å². The number of methoxy groups -OCH3 is 1. The van der Waals surface area contributed by atoms with Crippen molar-refractivity contribution < 1.29 is 17.9 Å². The van der Waals surface area contributed by atoms with Gasteiger partial charge >= 0.3 is 0 Å². The first-order valence-electron chi connectivity index (χ1n) is 10.7. The summed E-state index contributed by atoms with van der Waals surface area (Å²) in [5, 5.41) is 3.74. The topological polar surface area (TPSA) is 75.7 Å². The van der Waals surface area contributed by atoms with Crippen LogP contribution in [0.1, 0.15) is 11.1 Å². The van der Waals surface area contributed by atoms with E-state index in [-0.39, 0.29) is 22.2 Å². The van der Waals surface area contributed by atoms with E-state index in [0.29, 0.717) is 23.1 Å². The third kappa shape index (κ3) is 7.54. The van der Waals surface area contributed by atoms with Gasteiger partial charge in [-0.3, -0.25) is 9.10 Å². The maximum atomic E-state index is 13.5. The van der Waals surface area contributed by atoms with E-state index in [1.165, 1.54) is 25.3 Å². The van der Waals surface area contributed by atoms with Crippen LogP contribution in [-0.4, -0.2) is 40.3 Å². The zero-order valence-corrected chi connectivity index (χ0v) is 22.5. The number of nitrogens with zero attached hydrogens (tertiary/aromatic N) is 1. The normalized spacial score (nSPS) is 11.2. The molecule has 0 aromatic heterocycles. The number of halogens is 2. The van der Waals surface area contributed by atoms with Gasteiger partial charge in [-0.15, -0.1) is 0 Å². The van der Waals surface area contributed by atoms with E-state index < -0.39 is 15.9 Å². The van der Waals surface area contributed by atoms with Crippen molar-refractivity contribution in [2.75, 3.05) is 30.3 Å². The van der Waals surface area contributed by atoms with Crippen molar-refractivity contribution >= 4 is 56.6 Å². The number of carbonyl (C=O) groups is 1. The molecule has 0 saturated heterocycles. The SMILES string of the molecule is COc1ccc(N(CC(=O)NCCSCc2ccc(Cl)cc2)S(=O)(=O)c2ccc(C)cc2)cc1Cl. The van der Waals surface area contributed by atoms with Crippen LogP contribution in [0.15, 0.2) is 71.6 Å². The highest BCUT2D eigenvalue weighted by molar-refractivity contribution is 7.98. The van der Waals surface area contributed by atoms with E-state index in [9.17, 15) is 13.2 Å². The lowest BCUT2D eigenvalue weighted by atomic mass is 10.2. The highest BCUT2D eigenvalue weighted by Crippen LogP contribution is 2.32. The Hall–Kier alpha value is -2.39. The molecule has 0 aliphatic rings. The van der Waals surface area contributed by atoms with Crippen LogP contribution in [0.3, 0.4) is 0 Å². The van der Waals surface area contributed by atoms with E-state index in [1.54, 1.807) is 36.0 Å². The van der Waals surface area contributed by atoms with Gasteiger partial charge in [0.15, 0.2) is 0 Å². The van der Waals surface area contributed by atoms with E-state index in [1.807, 2.05) is 31.2 Å². The molecule has 0 bridgehead atoms. The number of benzene rings is 3. The smallest absolute Gasteiger partial charge is 0.264 e. The Balaban J connectivity index is 1.69. The number of hydrogen-bond donors (Lipinski definition) is 1. The molecule has 0 aliphatic heterocycles. The molecule has 0 radical (unpaired) electrons. The van der Waals surface area contributed by atoms with Gasteiger partial charge in [-0.05, 0) is 55.0 Å². The summed E-state index contributed by atoms with van der Waals surface area (Å²) >= 11 is 13.8. The molecule has 0 aliphatic carbocycles. The van der Waals surface area contributed by atoms with Crippen LogP contribution in [0.25, 0.3) is 0 Å². The number of aryl methyl sites for hydroxylation is 1. The van der Waals surface area contributed by atoms with Crippen LogP contribution in [0, 0.1) is 6.92 Å². The van der Waals surface area contributed by atoms with Crippen LogP contribution in [0.5, 0.6) is 5.75 Å². The van der Waals surface area contributed by atoms with Crippen LogP contribution in [-0.2, 0) is 20.6 Å². The summed E-state index contributed by atoms with van der Waals surface area (Å²) in [5.41, 5.74) is 2.33. The molecular weight excluding hydrogens is 527 g/mol. The minimum atomic E-state index is -4.02. The Morgan fingerprint density at radius 2 is 1.71 bits per heavy atom. The predicted molar refractivity (Wildman–Crippen MR) is 144 cm³/mol.